The van der Waals surface area contributed by atoms with Crippen LogP contribution in [0.3, 0.4) is 0 Å². The minimum Gasteiger partial charge on any atom is -0.493 e. The predicted octanol–water partition coefficient (Wildman–Crippen LogP) is 3.38. The third kappa shape index (κ3) is 12.2. The number of ether oxygens (including phenoxy) is 3. The lowest BCUT2D eigenvalue weighted by atomic mass is 10.00. The molecule has 3 amide bonds. The molecule has 12 nitrogen and oxygen atoms in total. The smallest absolute Gasteiger partial charge is 0.493 e. The number of rotatable bonds is 18. The third-order valence-electron chi connectivity index (χ3n) is 7.30. The molecule has 0 aliphatic heterocycles. The van der Waals surface area contributed by atoms with Gasteiger partial charge in [0.05, 0.1) is 20.6 Å². The molecule has 13 heteroatoms. The van der Waals surface area contributed by atoms with Crippen LogP contribution in [0.15, 0.2) is 72.8 Å². The Bertz CT molecular complexity index is 1480. The molecule has 0 aliphatic rings. The molecule has 258 valence electrons. The molecule has 0 aromatic heterocycles. The van der Waals surface area contributed by atoms with Gasteiger partial charge in [-0.1, -0.05) is 64.1 Å². The number of nitrogens with one attached hydrogen (secondary N) is 3. The van der Waals surface area contributed by atoms with Gasteiger partial charge in [-0.15, -0.1) is 0 Å². The minimum absolute atomic E-state index is 0.0342. The van der Waals surface area contributed by atoms with E-state index < -0.39 is 43.4 Å². The zero-order valence-electron chi connectivity index (χ0n) is 28.3. The second-order valence-electron chi connectivity index (χ2n) is 12.1. The van der Waals surface area contributed by atoms with Crippen LogP contribution in [0.4, 0.5) is 0 Å². The molecular weight excluding hydrogens is 617 g/mol. The highest BCUT2D eigenvalue weighted by Crippen LogP contribution is 2.28. The van der Waals surface area contributed by atoms with Crippen LogP contribution in [0, 0.1) is 11.8 Å². The number of carbonyl (C=O) groups is 3. The number of hydrogen-bond donors (Lipinski definition) is 5. The Balaban J connectivity index is 1.81. The molecule has 0 saturated heterocycles. The van der Waals surface area contributed by atoms with Crippen molar-refractivity contribution in [3.05, 3.63) is 83.9 Å². The average Bonchev–Trinajstić information content (AvgIpc) is 3.02. The van der Waals surface area contributed by atoms with Gasteiger partial charge in [0, 0.05) is 6.42 Å². The SMILES string of the molecule is COc1ccc(C[C@H](NC(=O)Cc2cccc(Oc3ccccc3)c2)C(=O)N[C@H](C(=O)N[C@@H](CC(C)C)OB(O)O)C(C)C)cc1OC. The van der Waals surface area contributed by atoms with E-state index in [9.17, 15) is 24.4 Å². The van der Waals surface area contributed by atoms with Crippen molar-refractivity contribution >= 4 is 25.0 Å². The first kappa shape index (κ1) is 37.9. The van der Waals surface area contributed by atoms with E-state index in [0.717, 1.165) is 0 Å². The van der Waals surface area contributed by atoms with E-state index in [0.29, 0.717) is 40.5 Å². The first-order valence-corrected chi connectivity index (χ1v) is 15.8. The van der Waals surface area contributed by atoms with Gasteiger partial charge in [0.2, 0.25) is 17.7 Å². The van der Waals surface area contributed by atoms with Crippen molar-refractivity contribution in [3.63, 3.8) is 0 Å². The van der Waals surface area contributed by atoms with Crippen LogP contribution in [-0.4, -0.2) is 67.6 Å². The Morgan fingerprint density at radius 3 is 2.06 bits per heavy atom. The van der Waals surface area contributed by atoms with Gasteiger partial charge in [0.1, 0.15) is 29.8 Å². The molecule has 0 unspecified atom stereocenters. The van der Waals surface area contributed by atoms with Crippen LogP contribution < -0.4 is 30.2 Å². The van der Waals surface area contributed by atoms with Crippen LogP contribution in [-0.2, 0) is 31.9 Å². The molecule has 0 radical (unpaired) electrons. The van der Waals surface area contributed by atoms with Gasteiger partial charge >= 0.3 is 7.32 Å². The maximum Gasteiger partial charge on any atom is 0.635 e. The third-order valence-corrected chi connectivity index (χ3v) is 7.30. The Morgan fingerprint density at radius 2 is 1.44 bits per heavy atom. The van der Waals surface area contributed by atoms with E-state index in [1.807, 2.05) is 44.2 Å². The van der Waals surface area contributed by atoms with Crippen LogP contribution in [0.2, 0.25) is 0 Å². The van der Waals surface area contributed by atoms with Crippen molar-refractivity contribution < 1.29 is 43.3 Å². The normalized spacial score (nSPS) is 12.9. The summed E-state index contributed by atoms with van der Waals surface area (Å²) in [5.41, 5.74) is 1.35. The summed E-state index contributed by atoms with van der Waals surface area (Å²) in [5.74, 6) is 0.303. The first-order valence-electron chi connectivity index (χ1n) is 15.8. The van der Waals surface area contributed by atoms with Gasteiger partial charge in [-0.3, -0.25) is 14.4 Å². The van der Waals surface area contributed by atoms with Gasteiger partial charge in [-0.25, -0.2) is 0 Å². The highest BCUT2D eigenvalue weighted by atomic mass is 16.6. The summed E-state index contributed by atoms with van der Waals surface area (Å²) in [6.07, 6.45) is -0.651. The van der Waals surface area contributed by atoms with Crippen LogP contribution in [0.5, 0.6) is 23.0 Å². The van der Waals surface area contributed by atoms with Gasteiger partial charge in [-0.05, 0) is 65.8 Å². The number of methoxy groups -OCH3 is 2. The summed E-state index contributed by atoms with van der Waals surface area (Å²) in [6.45, 7) is 7.30. The molecule has 3 atom stereocenters. The molecule has 5 N–H and O–H groups in total. The molecule has 0 saturated carbocycles. The van der Waals surface area contributed by atoms with E-state index in [1.165, 1.54) is 14.2 Å². The summed E-state index contributed by atoms with van der Waals surface area (Å²) >= 11 is 0. The molecule has 0 bridgehead atoms. The zero-order valence-corrected chi connectivity index (χ0v) is 28.3. The van der Waals surface area contributed by atoms with Crippen molar-refractivity contribution in [1.29, 1.82) is 0 Å². The second kappa shape index (κ2) is 18.7. The predicted molar refractivity (Wildman–Crippen MR) is 181 cm³/mol. The van der Waals surface area contributed by atoms with E-state index in [-0.39, 0.29) is 24.7 Å². The van der Waals surface area contributed by atoms with Gasteiger partial charge in [0.15, 0.2) is 11.5 Å². The van der Waals surface area contributed by atoms with Crippen LogP contribution in [0.1, 0.15) is 45.2 Å². The molecular formula is C35H46BN3O9. The lowest BCUT2D eigenvalue weighted by molar-refractivity contribution is -0.134. The van der Waals surface area contributed by atoms with Gasteiger partial charge < -0.3 is 44.9 Å². The van der Waals surface area contributed by atoms with E-state index >= 15 is 0 Å². The number of hydrogen-bond acceptors (Lipinski definition) is 9. The average molecular weight is 664 g/mol. The summed E-state index contributed by atoms with van der Waals surface area (Å²) in [5, 5.41) is 27.0. The Hall–Kier alpha value is -4.59. The van der Waals surface area contributed by atoms with Crippen molar-refractivity contribution in [2.24, 2.45) is 11.8 Å². The first-order chi connectivity index (χ1) is 22.9. The molecule has 3 aromatic carbocycles. The minimum atomic E-state index is -2.09. The monoisotopic (exact) mass is 663 g/mol. The summed E-state index contributed by atoms with van der Waals surface area (Å²) in [7, 11) is 0.928. The van der Waals surface area contributed by atoms with Gasteiger partial charge in [-0.2, -0.15) is 0 Å². The van der Waals surface area contributed by atoms with Crippen molar-refractivity contribution in [2.75, 3.05) is 14.2 Å². The molecule has 0 spiro atoms. The summed E-state index contributed by atoms with van der Waals surface area (Å²) in [6, 6.07) is 19.5. The number of amides is 3. The molecule has 48 heavy (non-hydrogen) atoms. The molecule has 0 heterocycles. The highest BCUT2D eigenvalue weighted by molar-refractivity contribution is 6.32. The summed E-state index contributed by atoms with van der Waals surface area (Å²) in [4.78, 5) is 40.6. The van der Waals surface area contributed by atoms with E-state index in [1.54, 1.807) is 56.3 Å². The van der Waals surface area contributed by atoms with Crippen LogP contribution in [0.25, 0.3) is 0 Å². The lowest BCUT2D eigenvalue weighted by Crippen LogP contribution is -2.57. The van der Waals surface area contributed by atoms with Crippen molar-refractivity contribution in [3.8, 4) is 23.0 Å². The van der Waals surface area contributed by atoms with Crippen LogP contribution >= 0.6 is 0 Å². The maximum atomic E-state index is 13.8. The van der Waals surface area contributed by atoms with Crippen molar-refractivity contribution in [1.82, 2.24) is 16.0 Å². The lowest BCUT2D eigenvalue weighted by Gasteiger charge is -2.28. The Kier molecular flexibility index (Phi) is 14.7. The summed E-state index contributed by atoms with van der Waals surface area (Å²) < 4.78 is 21.7. The quantitative estimate of drug-likeness (QED) is 0.101. The molecule has 3 rings (SSSR count). The molecule has 0 aliphatic carbocycles. The van der Waals surface area contributed by atoms with E-state index in [4.69, 9.17) is 18.9 Å². The Labute approximate surface area is 282 Å². The highest BCUT2D eigenvalue weighted by Gasteiger charge is 2.31. The molecule has 0 fully saturated rings. The van der Waals surface area contributed by atoms with E-state index in [2.05, 4.69) is 16.0 Å². The maximum absolute atomic E-state index is 13.8. The zero-order chi connectivity index (χ0) is 35.2. The molecule has 3 aromatic rings. The Morgan fingerprint density at radius 1 is 0.750 bits per heavy atom. The number of benzene rings is 3. The van der Waals surface area contributed by atoms with Gasteiger partial charge in [0.25, 0.3) is 0 Å². The second-order valence-corrected chi connectivity index (χ2v) is 12.1. The number of carbonyl (C=O) groups excluding carboxylic acids is 3. The largest absolute Gasteiger partial charge is 0.635 e. The van der Waals surface area contributed by atoms with Crippen molar-refractivity contribution in [2.45, 2.75) is 65.3 Å². The fourth-order valence-electron chi connectivity index (χ4n) is 4.99. The fourth-order valence-corrected chi connectivity index (χ4v) is 4.99. The number of para-hydroxylation sites is 1. The topological polar surface area (TPSA) is 165 Å². The standard InChI is InChI=1S/C35H46BN3O9/c1-22(2)17-32(48-36(43)44)38-35(42)33(23(3)4)39-34(41)28(19-25-15-16-29(45-5)30(20-25)46-6)37-31(40)21-24-11-10-14-27(18-24)47-26-12-8-7-9-13-26/h7-16,18,20,22-23,28,32-33,43-44H,17,19,21H2,1-6H3,(H,37,40)(H,38,42)(H,39,41)/t28-,32+,33-/m0/s1. The fraction of sp³-hybridized carbons (Fsp3) is 0.400.